The third-order valence-electron chi connectivity index (χ3n) is 19.0. The van der Waals surface area contributed by atoms with Crippen LogP contribution in [0.2, 0.25) is 0 Å². The Bertz CT molecular complexity index is 1360. The highest BCUT2D eigenvalue weighted by Gasteiger charge is 2.18. The third kappa shape index (κ3) is 73.3. The van der Waals surface area contributed by atoms with E-state index in [0.29, 0.717) is 19.4 Å². The Morgan fingerprint density at radius 1 is 0.310 bits per heavy atom. The number of carbonyl (C=O) groups is 2. The van der Waals surface area contributed by atoms with Crippen LogP contribution in [-0.4, -0.2) is 47.4 Å². The Morgan fingerprint density at radius 2 is 0.540 bits per heavy atom. The molecule has 0 spiro atoms. The Morgan fingerprint density at radius 3 is 0.816 bits per heavy atom. The molecule has 516 valence electrons. The molecule has 0 fully saturated rings. The minimum absolute atomic E-state index is 0.0237. The molecule has 1 amide bonds. The maximum absolute atomic E-state index is 12.5. The number of amides is 1. The second-order valence-corrected chi connectivity index (χ2v) is 27.8. The van der Waals surface area contributed by atoms with Gasteiger partial charge in [0.25, 0.3) is 0 Å². The van der Waals surface area contributed by atoms with E-state index in [9.17, 15) is 19.8 Å². The van der Waals surface area contributed by atoms with E-state index < -0.39 is 12.1 Å². The number of hydrogen-bond donors (Lipinski definition) is 3. The predicted molar refractivity (Wildman–Crippen MR) is 384 cm³/mol. The van der Waals surface area contributed by atoms with Gasteiger partial charge >= 0.3 is 5.97 Å². The van der Waals surface area contributed by atoms with E-state index in [1.807, 2.05) is 6.08 Å². The molecule has 3 N–H and O–H groups in total. The van der Waals surface area contributed by atoms with Gasteiger partial charge in [0.15, 0.2) is 0 Å². The summed E-state index contributed by atoms with van der Waals surface area (Å²) in [7, 11) is 0. The molecular formula is C81H157NO5. The lowest BCUT2D eigenvalue weighted by atomic mass is 10.0. The van der Waals surface area contributed by atoms with Gasteiger partial charge < -0.3 is 20.3 Å². The van der Waals surface area contributed by atoms with Gasteiger partial charge in [-0.25, -0.2) is 0 Å². The van der Waals surface area contributed by atoms with Crippen LogP contribution in [0, 0.1) is 0 Å². The molecule has 0 aromatic carbocycles. The van der Waals surface area contributed by atoms with E-state index in [4.69, 9.17) is 4.74 Å². The van der Waals surface area contributed by atoms with Crippen LogP contribution in [0.15, 0.2) is 24.3 Å². The smallest absolute Gasteiger partial charge is 0.305 e. The number of nitrogens with one attached hydrogen (secondary N) is 1. The molecule has 0 aromatic heterocycles. The highest BCUT2D eigenvalue weighted by atomic mass is 16.5. The van der Waals surface area contributed by atoms with Crippen molar-refractivity contribution in [2.75, 3.05) is 13.2 Å². The Kier molecular flexibility index (Phi) is 75.3. The number of hydrogen-bond acceptors (Lipinski definition) is 5. The number of carbonyl (C=O) groups excluding carboxylic acids is 2. The first-order chi connectivity index (χ1) is 43.0. The van der Waals surface area contributed by atoms with E-state index in [1.54, 1.807) is 6.08 Å². The monoisotopic (exact) mass is 1220 g/mol. The lowest BCUT2D eigenvalue weighted by molar-refractivity contribution is -0.143. The number of ether oxygens (including phenoxy) is 1. The summed E-state index contributed by atoms with van der Waals surface area (Å²) >= 11 is 0. The van der Waals surface area contributed by atoms with Crippen LogP contribution in [0.5, 0.6) is 0 Å². The Labute approximate surface area is 545 Å². The quantitative estimate of drug-likeness (QED) is 0.0320. The van der Waals surface area contributed by atoms with Crippen LogP contribution >= 0.6 is 0 Å². The standard InChI is InChI=1S/C81H157NO5/c1-3-5-7-9-11-13-15-17-19-20-40-44-47-51-55-59-63-67-71-75-81(86)87-76-72-68-64-60-56-52-48-45-42-39-37-35-33-31-29-27-25-23-21-22-24-26-28-30-32-34-36-38-41-43-46-50-54-58-62-66-70-74-80(85)82-78(77-83)79(84)73-69-65-61-57-53-49-18-16-14-12-10-8-6-4-2/h17,19,69,73,78-79,83-84H,3-16,18,20-68,70-72,74-77H2,1-2H3,(H,82,85)/b19-17-,73-69+. The average molecular weight is 1230 g/mol. The summed E-state index contributed by atoms with van der Waals surface area (Å²) in [4.78, 5) is 24.6. The number of aliphatic hydroxyl groups excluding tert-OH is 2. The number of aliphatic hydroxyl groups is 2. The average Bonchev–Trinajstić information content (AvgIpc) is 3.53. The van der Waals surface area contributed by atoms with Gasteiger partial charge in [0.05, 0.1) is 25.4 Å². The molecular weight excluding hydrogens is 1070 g/mol. The summed E-state index contributed by atoms with van der Waals surface area (Å²) in [6.07, 6.45) is 98.9. The summed E-state index contributed by atoms with van der Waals surface area (Å²) in [6.45, 7) is 4.94. The molecule has 6 nitrogen and oxygen atoms in total. The zero-order valence-electron chi connectivity index (χ0n) is 59.3. The molecule has 0 aliphatic carbocycles. The van der Waals surface area contributed by atoms with E-state index in [-0.39, 0.29) is 18.5 Å². The van der Waals surface area contributed by atoms with Gasteiger partial charge in [-0.05, 0) is 57.8 Å². The van der Waals surface area contributed by atoms with Crippen LogP contribution in [0.4, 0.5) is 0 Å². The highest BCUT2D eigenvalue weighted by molar-refractivity contribution is 5.76. The fourth-order valence-corrected chi connectivity index (χ4v) is 12.9. The van der Waals surface area contributed by atoms with Crippen molar-refractivity contribution >= 4 is 11.9 Å². The molecule has 0 saturated carbocycles. The number of rotatable bonds is 76. The number of esters is 1. The van der Waals surface area contributed by atoms with Gasteiger partial charge in [-0.3, -0.25) is 9.59 Å². The molecule has 0 rings (SSSR count). The molecule has 0 aliphatic heterocycles. The molecule has 0 heterocycles. The van der Waals surface area contributed by atoms with Crippen molar-refractivity contribution in [3.05, 3.63) is 24.3 Å². The SMILES string of the molecule is CCCCCCCC/C=C\CCCCCCCCCCCC(=O)OCCCCCCCCCCCCCCCCCCCCCCCCCCCCCCCCCCCCCCCC(=O)NC(CO)C(O)/C=C/CCCCCCCCCCCCCC. The van der Waals surface area contributed by atoms with Gasteiger partial charge in [-0.2, -0.15) is 0 Å². The molecule has 2 atom stereocenters. The van der Waals surface area contributed by atoms with Crippen molar-refractivity contribution in [3.63, 3.8) is 0 Å². The van der Waals surface area contributed by atoms with E-state index in [2.05, 4.69) is 31.3 Å². The molecule has 0 radical (unpaired) electrons. The zero-order valence-corrected chi connectivity index (χ0v) is 59.3. The largest absolute Gasteiger partial charge is 0.466 e. The Balaban J connectivity index is 3.29. The van der Waals surface area contributed by atoms with Crippen LogP contribution in [0.25, 0.3) is 0 Å². The predicted octanol–water partition coefficient (Wildman–Crippen LogP) is 26.4. The van der Waals surface area contributed by atoms with Crippen molar-refractivity contribution in [3.8, 4) is 0 Å². The first-order valence-corrected chi connectivity index (χ1v) is 40.1. The Hall–Kier alpha value is -1.66. The van der Waals surface area contributed by atoms with Crippen molar-refractivity contribution < 1.29 is 24.5 Å². The van der Waals surface area contributed by atoms with Gasteiger partial charge in [0.1, 0.15) is 0 Å². The van der Waals surface area contributed by atoms with Crippen molar-refractivity contribution in [2.45, 2.75) is 469 Å². The molecule has 6 heteroatoms. The topological polar surface area (TPSA) is 95.9 Å². The first kappa shape index (κ1) is 85.3. The molecule has 87 heavy (non-hydrogen) atoms. The number of unbranched alkanes of at least 4 members (excludes halogenated alkanes) is 63. The lowest BCUT2D eigenvalue weighted by Gasteiger charge is -2.20. The van der Waals surface area contributed by atoms with Crippen LogP contribution in [0.3, 0.4) is 0 Å². The molecule has 0 aliphatic rings. The second kappa shape index (κ2) is 76.8. The molecule has 0 aromatic rings. The minimum atomic E-state index is -0.839. The number of allylic oxidation sites excluding steroid dienone is 3. The third-order valence-corrected chi connectivity index (χ3v) is 19.0. The van der Waals surface area contributed by atoms with Gasteiger partial charge in [0, 0.05) is 12.8 Å². The molecule has 0 saturated heterocycles. The molecule has 0 bridgehead atoms. The summed E-state index contributed by atoms with van der Waals surface area (Å²) < 4.78 is 5.52. The summed E-state index contributed by atoms with van der Waals surface area (Å²) in [5.41, 5.74) is 0. The zero-order chi connectivity index (χ0) is 62.8. The van der Waals surface area contributed by atoms with Crippen molar-refractivity contribution in [1.29, 1.82) is 0 Å². The fourth-order valence-electron chi connectivity index (χ4n) is 12.9. The summed E-state index contributed by atoms with van der Waals surface area (Å²) in [5, 5.41) is 23.2. The lowest BCUT2D eigenvalue weighted by Crippen LogP contribution is -2.45. The van der Waals surface area contributed by atoms with Crippen LogP contribution < -0.4 is 5.32 Å². The first-order valence-electron chi connectivity index (χ1n) is 40.1. The van der Waals surface area contributed by atoms with E-state index in [1.165, 1.54) is 392 Å². The second-order valence-electron chi connectivity index (χ2n) is 27.8. The van der Waals surface area contributed by atoms with Crippen molar-refractivity contribution in [1.82, 2.24) is 5.32 Å². The summed E-state index contributed by atoms with van der Waals surface area (Å²) in [6, 6.07) is -0.623. The van der Waals surface area contributed by atoms with Crippen LogP contribution in [0.1, 0.15) is 457 Å². The van der Waals surface area contributed by atoms with Gasteiger partial charge in [-0.15, -0.1) is 0 Å². The normalized spacial score (nSPS) is 12.6. The minimum Gasteiger partial charge on any atom is -0.466 e. The highest BCUT2D eigenvalue weighted by Crippen LogP contribution is 2.20. The fraction of sp³-hybridized carbons (Fsp3) is 0.926. The summed E-state index contributed by atoms with van der Waals surface area (Å²) in [5.74, 6) is -0.0358. The van der Waals surface area contributed by atoms with E-state index >= 15 is 0 Å². The van der Waals surface area contributed by atoms with Crippen LogP contribution in [-0.2, 0) is 14.3 Å². The maximum atomic E-state index is 12.5. The van der Waals surface area contributed by atoms with E-state index in [0.717, 1.165) is 38.5 Å². The molecule has 2 unspecified atom stereocenters. The van der Waals surface area contributed by atoms with Gasteiger partial charge in [0.2, 0.25) is 5.91 Å². The van der Waals surface area contributed by atoms with Gasteiger partial charge in [-0.1, -0.05) is 411 Å². The van der Waals surface area contributed by atoms with Crippen molar-refractivity contribution in [2.24, 2.45) is 0 Å². The maximum Gasteiger partial charge on any atom is 0.305 e.